The number of imide groups is 1. The number of halogens is 1. The Labute approximate surface area is 201 Å². The highest BCUT2D eigenvalue weighted by atomic mass is 35.5. The monoisotopic (exact) mass is 484 g/mol. The molecule has 172 valence electrons. The highest BCUT2D eigenvalue weighted by molar-refractivity contribution is 7.19. The minimum Gasteiger partial charge on any atom is -0.489 e. The summed E-state index contributed by atoms with van der Waals surface area (Å²) in [6.45, 7) is 2.38. The lowest BCUT2D eigenvalue weighted by atomic mass is 10.0. The first-order chi connectivity index (χ1) is 15.9. The summed E-state index contributed by atoms with van der Waals surface area (Å²) in [5.41, 5.74) is 3.59. The molecule has 3 heterocycles. The van der Waals surface area contributed by atoms with E-state index in [-0.39, 0.29) is 49.8 Å². The van der Waals surface area contributed by atoms with Crippen molar-refractivity contribution in [3.05, 3.63) is 45.9 Å². The molecule has 1 saturated carbocycles. The largest absolute Gasteiger partial charge is 0.489 e. The number of ether oxygens (including phenoxy) is 1. The average molecular weight is 485 g/mol. The van der Waals surface area contributed by atoms with E-state index in [4.69, 9.17) is 16.3 Å². The summed E-state index contributed by atoms with van der Waals surface area (Å²) < 4.78 is 7.47. The van der Waals surface area contributed by atoms with Crippen molar-refractivity contribution in [3.8, 4) is 16.9 Å². The molecule has 33 heavy (non-hydrogen) atoms. The van der Waals surface area contributed by atoms with Crippen LogP contribution in [-0.2, 0) is 16.1 Å². The first-order valence-corrected chi connectivity index (χ1v) is 12.4. The van der Waals surface area contributed by atoms with Crippen LogP contribution >= 0.6 is 22.9 Å². The fraction of sp³-hybridized carbons (Fsp3) is 0.400. The third-order valence-electron chi connectivity index (χ3n) is 6.55. The van der Waals surface area contributed by atoms with Crippen LogP contribution in [-0.4, -0.2) is 39.5 Å². The van der Waals surface area contributed by atoms with Gasteiger partial charge in [-0.05, 0) is 56.0 Å². The van der Waals surface area contributed by atoms with Gasteiger partial charge < -0.3 is 9.84 Å². The van der Waals surface area contributed by atoms with Crippen molar-refractivity contribution in [1.29, 1.82) is 0 Å². The zero-order valence-corrected chi connectivity index (χ0v) is 19.9. The van der Waals surface area contributed by atoms with Gasteiger partial charge in [0.15, 0.2) is 0 Å². The van der Waals surface area contributed by atoms with E-state index in [0.29, 0.717) is 5.02 Å². The van der Waals surface area contributed by atoms with Gasteiger partial charge >= 0.3 is 0 Å². The Morgan fingerprint density at radius 1 is 1.18 bits per heavy atom. The Balaban J connectivity index is 1.55. The normalized spacial score (nSPS) is 20.9. The topological polar surface area (TPSA) is 79.7 Å². The van der Waals surface area contributed by atoms with E-state index >= 15 is 0 Å². The number of hydrogen-bond acceptors (Lipinski definition) is 6. The molecule has 0 bridgehead atoms. The molecular formula is C25H25ClN2O4S. The fourth-order valence-electron chi connectivity index (χ4n) is 4.84. The van der Waals surface area contributed by atoms with Gasteiger partial charge in [-0.15, -0.1) is 11.3 Å². The zero-order valence-electron chi connectivity index (χ0n) is 18.3. The number of fused-ring (bicyclic) bond motifs is 1. The summed E-state index contributed by atoms with van der Waals surface area (Å²) in [5, 5.41) is 10.4. The minimum atomic E-state index is -0.123. The molecule has 2 aromatic heterocycles. The molecule has 2 fully saturated rings. The Morgan fingerprint density at radius 2 is 1.97 bits per heavy atom. The number of aliphatic hydroxyl groups is 1. The predicted molar refractivity (Wildman–Crippen MR) is 128 cm³/mol. The molecule has 2 amide bonds. The van der Waals surface area contributed by atoms with Crippen molar-refractivity contribution >= 4 is 45.0 Å². The second kappa shape index (κ2) is 9.05. The average Bonchev–Trinajstić information content (AvgIpc) is 3.50. The lowest BCUT2D eigenvalue weighted by Gasteiger charge is -2.23. The number of likely N-dealkylation sites (tertiary alicyclic amines) is 1. The summed E-state index contributed by atoms with van der Waals surface area (Å²) in [5.74, 6) is 0.662. The van der Waals surface area contributed by atoms with Crippen LogP contribution in [0, 0.1) is 12.8 Å². The Morgan fingerprint density at radius 3 is 2.73 bits per heavy atom. The third kappa shape index (κ3) is 4.25. The maximum Gasteiger partial charge on any atom is 0.230 e. The fourth-order valence-corrected chi connectivity index (χ4v) is 6.24. The molecule has 0 radical (unpaired) electrons. The van der Waals surface area contributed by atoms with Crippen LogP contribution in [0.1, 0.15) is 42.5 Å². The number of thiophene rings is 1. The summed E-state index contributed by atoms with van der Waals surface area (Å²) in [6.07, 6.45) is 5.21. The lowest BCUT2D eigenvalue weighted by molar-refractivity contribution is -0.138. The molecule has 1 N–H and O–H groups in total. The van der Waals surface area contributed by atoms with Crippen molar-refractivity contribution < 1.29 is 19.4 Å². The molecule has 1 saturated heterocycles. The Kier molecular flexibility index (Phi) is 6.12. The molecule has 0 spiro atoms. The standard InChI is InChI=1S/C25H25ClN2O4S/c1-14-9-16(26)10-19(24(14)32-21-4-2-3-15(21)13-29)18-7-8-27-20-11-17(33-25(18)20)12-28-22(30)5-6-23(28)31/h7-11,15,21,29H,2-6,12-13H2,1H3/t15-,21-/m1/s1. The van der Waals surface area contributed by atoms with Crippen LogP contribution in [0.5, 0.6) is 5.75 Å². The number of carbonyl (C=O) groups is 2. The summed E-state index contributed by atoms with van der Waals surface area (Å²) in [6, 6.07) is 7.70. The van der Waals surface area contributed by atoms with Gasteiger partial charge in [0.05, 0.1) is 16.8 Å². The van der Waals surface area contributed by atoms with E-state index in [1.54, 1.807) is 6.20 Å². The first-order valence-electron chi connectivity index (χ1n) is 11.2. The Bertz CT molecular complexity index is 1220. The molecule has 2 aliphatic rings. The van der Waals surface area contributed by atoms with Crippen LogP contribution in [0.3, 0.4) is 0 Å². The number of amides is 2. The van der Waals surface area contributed by atoms with Gasteiger partial charge in [-0.1, -0.05) is 11.6 Å². The molecule has 1 aliphatic carbocycles. The van der Waals surface area contributed by atoms with E-state index in [1.807, 2.05) is 31.2 Å². The number of carbonyl (C=O) groups excluding carboxylic acids is 2. The molecule has 0 unspecified atom stereocenters. The smallest absolute Gasteiger partial charge is 0.230 e. The quantitative estimate of drug-likeness (QED) is 0.491. The molecule has 8 heteroatoms. The Hall–Kier alpha value is -2.48. The van der Waals surface area contributed by atoms with Crippen LogP contribution in [0.2, 0.25) is 5.02 Å². The van der Waals surface area contributed by atoms with Crippen molar-refractivity contribution in [2.75, 3.05) is 6.61 Å². The van der Waals surface area contributed by atoms with E-state index in [0.717, 1.165) is 56.8 Å². The maximum absolute atomic E-state index is 12.1. The third-order valence-corrected chi connectivity index (χ3v) is 7.91. The molecular weight excluding hydrogens is 460 g/mol. The number of aromatic nitrogens is 1. The SMILES string of the molecule is Cc1cc(Cl)cc(-c2ccnc3cc(CN4C(=O)CCC4=O)sc23)c1O[C@@H]1CCC[C@@H]1CO. The molecule has 5 rings (SSSR count). The summed E-state index contributed by atoms with van der Waals surface area (Å²) in [7, 11) is 0. The highest BCUT2D eigenvalue weighted by Gasteiger charge is 2.31. The van der Waals surface area contributed by atoms with Crippen molar-refractivity contribution in [3.63, 3.8) is 0 Å². The van der Waals surface area contributed by atoms with Gasteiger partial charge in [-0.3, -0.25) is 19.5 Å². The number of rotatable bonds is 6. The van der Waals surface area contributed by atoms with Gasteiger partial charge in [0.25, 0.3) is 0 Å². The van der Waals surface area contributed by atoms with Crippen molar-refractivity contribution in [2.24, 2.45) is 5.92 Å². The van der Waals surface area contributed by atoms with Crippen molar-refractivity contribution in [1.82, 2.24) is 9.88 Å². The summed E-state index contributed by atoms with van der Waals surface area (Å²) in [4.78, 5) is 30.9. The number of aliphatic hydroxyl groups excluding tert-OH is 1. The van der Waals surface area contributed by atoms with Crippen LogP contribution in [0.25, 0.3) is 21.3 Å². The number of aryl methyl sites for hydroxylation is 1. The highest BCUT2D eigenvalue weighted by Crippen LogP contribution is 2.43. The molecule has 2 atom stereocenters. The maximum atomic E-state index is 12.1. The van der Waals surface area contributed by atoms with Crippen LogP contribution < -0.4 is 4.74 Å². The number of pyridine rings is 1. The first kappa shape index (κ1) is 22.3. The van der Waals surface area contributed by atoms with Crippen molar-refractivity contribution in [2.45, 2.75) is 51.7 Å². The molecule has 1 aromatic carbocycles. The van der Waals surface area contributed by atoms with Gasteiger partial charge in [0.2, 0.25) is 11.8 Å². The lowest BCUT2D eigenvalue weighted by Crippen LogP contribution is -2.27. The van der Waals surface area contributed by atoms with Crippen LogP contribution in [0.4, 0.5) is 0 Å². The second-order valence-electron chi connectivity index (χ2n) is 8.79. The van der Waals surface area contributed by atoms with E-state index in [9.17, 15) is 14.7 Å². The number of hydrogen-bond donors (Lipinski definition) is 1. The molecule has 6 nitrogen and oxygen atoms in total. The second-order valence-corrected chi connectivity index (χ2v) is 10.4. The van der Waals surface area contributed by atoms with Gasteiger partial charge in [0, 0.05) is 52.6 Å². The van der Waals surface area contributed by atoms with E-state index < -0.39 is 0 Å². The predicted octanol–water partition coefficient (Wildman–Crippen LogP) is 5.11. The molecule has 3 aromatic rings. The van der Waals surface area contributed by atoms with E-state index in [2.05, 4.69) is 4.98 Å². The minimum absolute atomic E-state index is 0.0305. The van der Waals surface area contributed by atoms with Gasteiger partial charge in [0.1, 0.15) is 11.9 Å². The van der Waals surface area contributed by atoms with Crippen LogP contribution in [0.15, 0.2) is 30.5 Å². The van der Waals surface area contributed by atoms with Gasteiger partial charge in [-0.25, -0.2) is 0 Å². The van der Waals surface area contributed by atoms with E-state index in [1.165, 1.54) is 16.2 Å². The van der Waals surface area contributed by atoms with Gasteiger partial charge in [-0.2, -0.15) is 0 Å². The molecule has 1 aliphatic heterocycles. The number of benzene rings is 1. The number of nitrogens with zero attached hydrogens (tertiary/aromatic N) is 2. The summed E-state index contributed by atoms with van der Waals surface area (Å²) >= 11 is 7.99. The zero-order chi connectivity index (χ0) is 23.1.